The van der Waals surface area contributed by atoms with Crippen LogP contribution >= 0.6 is 15.9 Å². The number of carbonyl (C=O) groups is 5. The van der Waals surface area contributed by atoms with Gasteiger partial charge in [-0.2, -0.15) is 0 Å². The van der Waals surface area contributed by atoms with Crippen LogP contribution in [0.3, 0.4) is 0 Å². The smallest absolute Gasteiger partial charge is 0.190 e. The summed E-state index contributed by atoms with van der Waals surface area (Å²) < 4.78 is 0.837. The zero-order valence-corrected chi connectivity index (χ0v) is 22.2. The number of phenols is 1. The first kappa shape index (κ1) is 25.7. The van der Waals surface area contributed by atoms with E-state index in [1.165, 1.54) is 6.07 Å². The summed E-state index contributed by atoms with van der Waals surface area (Å²) in [5.74, 6) is -10.2. The summed E-state index contributed by atoms with van der Waals surface area (Å²) >= 11 is 3.46. The van der Waals surface area contributed by atoms with E-state index in [1.54, 1.807) is 19.9 Å². The predicted octanol–water partition coefficient (Wildman–Crippen LogP) is 3.74. The lowest BCUT2D eigenvalue weighted by Crippen LogP contribution is -2.70. The van der Waals surface area contributed by atoms with Gasteiger partial charge in [0, 0.05) is 16.3 Å². The molecule has 0 saturated heterocycles. The van der Waals surface area contributed by atoms with Gasteiger partial charge in [-0.3, -0.25) is 24.0 Å². The van der Waals surface area contributed by atoms with Gasteiger partial charge < -0.3 is 10.2 Å². The molecule has 3 unspecified atom stereocenters. The van der Waals surface area contributed by atoms with Gasteiger partial charge in [0.05, 0.1) is 11.5 Å². The largest absolute Gasteiger partial charge is 0.507 e. The average Bonchev–Trinajstić information content (AvgIpc) is 2.81. The highest BCUT2D eigenvalue weighted by atomic mass is 79.9. The molecule has 37 heavy (non-hydrogen) atoms. The molecule has 6 atom stereocenters. The van der Waals surface area contributed by atoms with Gasteiger partial charge in [0.1, 0.15) is 17.5 Å². The van der Waals surface area contributed by atoms with Gasteiger partial charge in [-0.05, 0) is 66.5 Å². The maximum atomic E-state index is 13.9. The van der Waals surface area contributed by atoms with Crippen LogP contribution in [0.2, 0.25) is 0 Å². The Balaban J connectivity index is 1.67. The van der Waals surface area contributed by atoms with Crippen LogP contribution in [-0.2, 0) is 25.6 Å². The van der Waals surface area contributed by atoms with Crippen molar-refractivity contribution in [2.75, 3.05) is 0 Å². The quantitative estimate of drug-likeness (QED) is 0.542. The fourth-order valence-electron chi connectivity index (χ4n) is 6.90. The summed E-state index contributed by atoms with van der Waals surface area (Å²) in [6.45, 7) is 4.62. The molecule has 8 heteroatoms. The lowest BCUT2D eigenvalue weighted by atomic mass is 9.49. The third-order valence-corrected chi connectivity index (χ3v) is 8.95. The van der Waals surface area contributed by atoms with Gasteiger partial charge in [-0.15, -0.1) is 0 Å². The van der Waals surface area contributed by atoms with Crippen molar-refractivity contribution in [3.8, 4) is 16.9 Å². The summed E-state index contributed by atoms with van der Waals surface area (Å²) in [5, 5.41) is 22.4. The number of hydrogen-bond acceptors (Lipinski definition) is 7. The van der Waals surface area contributed by atoms with Crippen molar-refractivity contribution < 1.29 is 34.2 Å². The number of rotatable bonds is 3. The van der Waals surface area contributed by atoms with Crippen LogP contribution < -0.4 is 0 Å². The molecule has 7 nitrogen and oxygen atoms in total. The minimum atomic E-state index is -2.61. The van der Waals surface area contributed by atoms with Gasteiger partial charge in [0.2, 0.25) is 0 Å². The summed E-state index contributed by atoms with van der Waals surface area (Å²) in [6, 6.07) is 10.6. The van der Waals surface area contributed by atoms with Crippen LogP contribution in [0.4, 0.5) is 0 Å². The van der Waals surface area contributed by atoms with Gasteiger partial charge in [0.25, 0.3) is 0 Å². The molecule has 0 heterocycles. The number of hydrogen-bond donors (Lipinski definition) is 2. The standard InChI is InChI=1S/C29H27BrO7/c1-12(2)21-19-11-15-10-18-17(14-5-4-6-16(30)9-14)7-8-20(32)24(18)26(34)23(15)28(36)29(19,37)27(35)22(13(3)31)25(21)33/h4-9,12,15,19,21-23,32,37H,10-11H2,1-3H3/t15-,19-,21?,22?,23?,29+/m1/s1. The van der Waals surface area contributed by atoms with Crippen LogP contribution in [0.25, 0.3) is 11.1 Å². The Kier molecular flexibility index (Phi) is 6.11. The molecule has 0 aromatic heterocycles. The van der Waals surface area contributed by atoms with Crippen LogP contribution in [0, 0.1) is 35.5 Å². The number of aliphatic hydroxyl groups is 1. The predicted molar refractivity (Wildman–Crippen MR) is 137 cm³/mol. The number of fused-ring (bicyclic) bond motifs is 3. The van der Waals surface area contributed by atoms with E-state index in [0.29, 0.717) is 5.56 Å². The number of carbonyl (C=O) groups excluding carboxylic acids is 5. The van der Waals surface area contributed by atoms with Gasteiger partial charge in [-0.1, -0.05) is 48.0 Å². The molecule has 3 aliphatic rings. The third-order valence-electron chi connectivity index (χ3n) is 8.45. The fourth-order valence-corrected chi connectivity index (χ4v) is 7.30. The van der Waals surface area contributed by atoms with Gasteiger partial charge in [0.15, 0.2) is 28.7 Å². The zero-order valence-electron chi connectivity index (χ0n) is 20.7. The van der Waals surface area contributed by atoms with Crippen LogP contribution in [0.1, 0.15) is 43.1 Å². The van der Waals surface area contributed by atoms with Crippen molar-refractivity contribution >= 4 is 44.8 Å². The highest BCUT2D eigenvalue weighted by Crippen LogP contribution is 2.53. The maximum Gasteiger partial charge on any atom is 0.190 e. The maximum absolute atomic E-state index is 13.9. The zero-order chi connectivity index (χ0) is 27.0. The topological polar surface area (TPSA) is 126 Å². The molecule has 2 aromatic rings. The molecule has 0 bridgehead atoms. The van der Waals surface area contributed by atoms with Crippen molar-refractivity contribution in [1.82, 2.24) is 0 Å². The van der Waals surface area contributed by atoms with E-state index >= 15 is 0 Å². The number of aromatic hydroxyl groups is 1. The number of phenolic OH excluding ortho intramolecular Hbond substituents is 1. The Bertz CT molecular complexity index is 1390. The molecule has 0 spiro atoms. The lowest BCUT2D eigenvalue weighted by molar-refractivity contribution is -0.182. The van der Waals surface area contributed by atoms with Crippen molar-refractivity contribution in [3.05, 3.63) is 52.0 Å². The Morgan fingerprint density at radius 2 is 1.78 bits per heavy atom. The van der Waals surface area contributed by atoms with E-state index in [-0.39, 0.29) is 30.1 Å². The number of ketones is 5. The summed E-state index contributed by atoms with van der Waals surface area (Å²) in [7, 11) is 0. The molecule has 5 rings (SSSR count). The fraction of sp³-hybridized carbons (Fsp3) is 0.414. The molecule has 2 N–H and O–H groups in total. The van der Waals surface area contributed by atoms with Crippen molar-refractivity contribution in [2.45, 2.75) is 39.2 Å². The number of halogens is 1. The Hall–Kier alpha value is -2.97. The number of Topliss-reactive ketones (excluding diaryl/α,β-unsaturated/α-hetero) is 5. The monoisotopic (exact) mass is 566 g/mol. The average molecular weight is 567 g/mol. The Morgan fingerprint density at radius 3 is 2.41 bits per heavy atom. The van der Waals surface area contributed by atoms with E-state index in [2.05, 4.69) is 15.9 Å². The molecule has 2 aromatic carbocycles. The summed E-state index contributed by atoms with van der Waals surface area (Å²) in [6.07, 6.45) is 0.347. The first-order chi connectivity index (χ1) is 17.4. The van der Waals surface area contributed by atoms with E-state index in [1.807, 2.05) is 24.3 Å². The van der Waals surface area contributed by atoms with Crippen LogP contribution in [0.5, 0.6) is 5.75 Å². The molecule has 3 aliphatic carbocycles. The van der Waals surface area contributed by atoms with E-state index in [0.717, 1.165) is 22.5 Å². The van der Waals surface area contributed by atoms with Crippen molar-refractivity contribution in [2.24, 2.45) is 35.5 Å². The minimum Gasteiger partial charge on any atom is -0.507 e. The Labute approximate surface area is 222 Å². The second-order valence-electron chi connectivity index (χ2n) is 10.9. The Morgan fingerprint density at radius 1 is 1.08 bits per heavy atom. The second kappa shape index (κ2) is 8.81. The molecular formula is C29H27BrO7. The molecule has 2 fully saturated rings. The van der Waals surface area contributed by atoms with E-state index in [9.17, 15) is 34.2 Å². The molecule has 192 valence electrons. The lowest BCUT2D eigenvalue weighted by Gasteiger charge is -2.52. The summed E-state index contributed by atoms with van der Waals surface area (Å²) in [5.41, 5.74) is -0.439. The van der Waals surface area contributed by atoms with E-state index in [4.69, 9.17) is 0 Å². The first-order valence-electron chi connectivity index (χ1n) is 12.4. The molecule has 0 amide bonds. The minimum absolute atomic E-state index is 0.0111. The normalized spacial score (nSPS) is 31.1. The second-order valence-corrected chi connectivity index (χ2v) is 11.8. The van der Waals surface area contributed by atoms with Gasteiger partial charge in [-0.25, -0.2) is 0 Å². The van der Waals surface area contributed by atoms with E-state index < -0.39 is 64.1 Å². The molecule has 2 saturated carbocycles. The molecule has 0 aliphatic heterocycles. The summed E-state index contributed by atoms with van der Waals surface area (Å²) in [4.78, 5) is 66.7. The molecule has 0 radical (unpaired) electrons. The highest BCUT2D eigenvalue weighted by molar-refractivity contribution is 9.10. The van der Waals surface area contributed by atoms with Crippen LogP contribution in [-0.4, -0.2) is 44.7 Å². The molecular weight excluding hydrogens is 540 g/mol. The van der Waals surface area contributed by atoms with Crippen molar-refractivity contribution in [1.29, 1.82) is 0 Å². The van der Waals surface area contributed by atoms with Gasteiger partial charge >= 0.3 is 0 Å². The van der Waals surface area contributed by atoms with Crippen molar-refractivity contribution in [3.63, 3.8) is 0 Å². The number of benzene rings is 2. The van der Waals surface area contributed by atoms with Crippen LogP contribution in [0.15, 0.2) is 40.9 Å². The third kappa shape index (κ3) is 3.60. The first-order valence-corrected chi connectivity index (χ1v) is 13.2. The SMILES string of the molecule is CC(=O)C1C(=O)C(C(C)C)[C@H]2C[C@H]3Cc4c(-c5cccc(Br)c5)ccc(O)c4C(=O)C3C(=O)[C@@]2(O)C1=O. The highest BCUT2D eigenvalue weighted by Gasteiger charge is 2.68.